The van der Waals surface area contributed by atoms with E-state index in [1.165, 1.54) is 7.11 Å². The molecule has 4 heteroatoms. The molecule has 1 aromatic carbocycles. The highest BCUT2D eigenvalue weighted by atomic mass is 16.5. The van der Waals surface area contributed by atoms with Gasteiger partial charge in [-0.2, -0.15) is 0 Å². The number of amides is 1. The Hall–Kier alpha value is -1.97. The summed E-state index contributed by atoms with van der Waals surface area (Å²) in [5, 5.41) is 0.823. The van der Waals surface area contributed by atoms with E-state index in [0.717, 1.165) is 10.9 Å². The van der Waals surface area contributed by atoms with Crippen LogP contribution in [0.2, 0.25) is 0 Å². The van der Waals surface area contributed by atoms with Crippen LogP contribution in [0.5, 0.6) is 5.88 Å². The minimum atomic E-state index is -0.469. The molecule has 0 aliphatic carbocycles. The largest absolute Gasteiger partial charge is 0.482 e. The zero-order valence-corrected chi connectivity index (χ0v) is 8.65. The molecule has 15 heavy (non-hydrogen) atoms. The van der Waals surface area contributed by atoms with E-state index in [2.05, 4.69) is 0 Å². The second-order valence-electron chi connectivity index (χ2n) is 3.32. The summed E-state index contributed by atoms with van der Waals surface area (Å²) >= 11 is 0. The lowest BCUT2D eigenvalue weighted by Crippen LogP contribution is -2.12. The lowest BCUT2D eigenvalue weighted by atomic mass is 10.1. The lowest BCUT2D eigenvalue weighted by molar-refractivity contribution is 0.0998. The van der Waals surface area contributed by atoms with Crippen molar-refractivity contribution in [2.45, 2.75) is 0 Å². The first-order valence-corrected chi connectivity index (χ1v) is 4.58. The van der Waals surface area contributed by atoms with Gasteiger partial charge in [-0.3, -0.25) is 4.79 Å². The minimum Gasteiger partial charge on any atom is -0.482 e. The Balaban J connectivity index is 2.91. The van der Waals surface area contributed by atoms with E-state index in [0.29, 0.717) is 11.4 Å². The van der Waals surface area contributed by atoms with Crippen LogP contribution in [-0.2, 0) is 7.05 Å². The summed E-state index contributed by atoms with van der Waals surface area (Å²) in [7, 11) is 3.37. The average molecular weight is 204 g/mol. The van der Waals surface area contributed by atoms with E-state index in [1.54, 1.807) is 0 Å². The molecule has 0 aliphatic rings. The highest BCUT2D eigenvalue weighted by Gasteiger charge is 2.19. The number of hydrogen-bond acceptors (Lipinski definition) is 2. The number of nitrogens with two attached hydrogens (primary N) is 1. The van der Waals surface area contributed by atoms with E-state index in [-0.39, 0.29) is 0 Å². The number of aryl methyl sites for hydroxylation is 1. The van der Waals surface area contributed by atoms with Crippen molar-refractivity contribution in [2.75, 3.05) is 7.11 Å². The van der Waals surface area contributed by atoms with Gasteiger partial charge >= 0.3 is 0 Å². The SMILES string of the molecule is COc1c(C(N)=O)c2ccccc2n1C. The van der Waals surface area contributed by atoms with Crippen molar-refractivity contribution in [3.8, 4) is 5.88 Å². The normalized spacial score (nSPS) is 10.5. The molecule has 0 bridgehead atoms. The van der Waals surface area contributed by atoms with Crippen LogP contribution in [0.4, 0.5) is 0 Å². The molecule has 78 valence electrons. The number of rotatable bonds is 2. The van der Waals surface area contributed by atoms with E-state index in [9.17, 15) is 4.79 Å². The monoisotopic (exact) mass is 204 g/mol. The second kappa shape index (κ2) is 3.31. The van der Waals surface area contributed by atoms with Crippen LogP contribution in [0.1, 0.15) is 10.4 Å². The zero-order valence-electron chi connectivity index (χ0n) is 8.65. The van der Waals surface area contributed by atoms with Gasteiger partial charge in [0.15, 0.2) is 0 Å². The van der Waals surface area contributed by atoms with Gasteiger partial charge in [-0.1, -0.05) is 18.2 Å². The van der Waals surface area contributed by atoms with Gasteiger partial charge in [0.25, 0.3) is 5.91 Å². The van der Waals surface area contributed by atoms with Crippen LogP contribution < -0.4 is 10.5 Å². The van der Waals surface area contributed by atoms with Gasteiger partial charge in [0.05, 0.1) is 12.6 Å². The number of carbonyl (C=O) groups excluding carboxylic acids is 1. The van der Waals surface area contributed by atoms with Gasteiger partial charge < -0.3 is 15.0 Å². The molecule has 0 fully saturated rings. The molecule has 0 unspecified atom stereocenters. The molecule has 0 saturated carbocycles. The third kappa shape index (κ3) is 1.26. The number of nitrogens with zero attached hydrogens (tertiary/aromatic N) is 1. The quantitative estimate of drug-likeness (QED) is 0.801. The summed E-state index contributed by atoms with van der Waals surface area (Å²) in [5.41, 5.74) is 6.71. The number of carbonyl (C=O) groups is 1. The Morgan fingerprint density at radius 3 is 2.67 bits per heavy atom. The first kappa shape index (κ1) is 9.58. The van der Waals surface area contributed by atoms with E-state index < -0.39 is 5.91 Å². The van der Waals surface area contributed by atoms with Crippen LogP contribution in [0.15, 0.2) is 24.3 Å². The Morgan fingerprint density at radius 2 is 2.07 bits per heavy atom. The fraction of sp³-hybridized carbons (Fsp3) is 0.182. The van der Waals surface area contributed by atoms with Crippen LogP contribution in [0.25, 0.3) is 10.9 Å². The maximum Gasteiger partial charge on any atom is 0.254 e. The smallest absolute Gasteiger partial charge is 0.254 e. The van der Waals surface area contributed by atoms with Crippen LogP contribution in [0, 0.1) is 0 Å². The van der Waals surface area contributed by atoms with Crippen molar-refractivity contribution in [1.82, 2.24) is 4.57 Å². The number of ether oxygens (including phenoxy) is 1. The van der Waals surface area contributed by atoms with Crippen molar-refractivity contribution in [3.63, 3.8) is 0 Å². The van der Waals surface area contributed by atoms with Crippen molar-refractivity contribution < 1.29 is 9.53 Å². The van der Waals surface area contributed by atoms with E-state index in [1.807, 2.05) is 35.9 Å². The van der Waals surface area contributed by atoms with Gasteiger partial charge in [-0.15, -0.1) is 0 Å². The number of aromatic nitrogens is 1. The Bertz CT molecular complexity index is 529. The molecule has 1 amide bonds. The molecule has 2 N–H and O–H groups in total. The van der Waals surface area contributed by atoms with Crippen LogP contribution >= 0.6 is 0 Å². The van der Waals surface area contributed by atoms with Crippen LogP contribution in [0.3, 0.4) is 0 Å². The number of primary amides is 1. The predicted molar refractivity (Wildman–Crippen MR) is 58.0 cm³/mol. The van der Waals surface area contributed by atoms with Crippen molar-refractivity contribution >= 4 is 16.8 Å². The number of hydrogen-bond donors (Lipinski definition) is 1. The van der Waals surface area contributed by atoms with Crippen LogP contribution in [-0.4, -0.2) is 17.6 Å². The maximum absolute atomic E-state index is 11.3. The predicted octanol–water partition coefficient (Wildman–Crippen LogP) is 1.29. The maximum atomic E-state index is 11.3. The van der Waals surface area contributed by atoms with Gasteiger partial charge in [-0.05, 0) is 6.07 Å². The Kier molecular flexibility index (Phi) is 2.11. The molecule has 0 radical (unpaired) electrons. The highest BCUT2D eigenvalue weighted by molar-refractivity contribution is 6.09. The summed E-state index contributed by atoms with van der Waals surface area (Å²) in [6.07, 6.45) is 0. The summed E-state index contributed by atoms with van der Waals surface area (Å²) in [6.45, 7) is 0. The summed E-state index contributed by atoms with van der Waals surface area (Å²) < 4.78 is 7.00. The number of benzene rings is 1. The number of fused-ring (bicyclic) bond motifs is 1. The third-order valence-corrected chi connectivity index (χ3v) is 2.49. The summed E-state index contributed by atoms with van der Waals surface area (Å²) in [6, 6.07) is 7.56. The van der Waals surface area contributed by atoms with Gasteiger partial charge in [-0.25, -0.2) is 0 Å². The topological polar surface area (TPSA) is 57.2 Å². The Labute approximate surface area is 87.2 Å². The molecule has 0 spiro atoms. The van der Waals surface area contributed by atoms with Crippen molar-refractivity contribution in [2.24, 2.45) is 12.8 Å². The molecule has 1 heterocycles. The second-order valence-corrected chi connectivity index (χ2v) is 3.32. The molecule has 0 saturated heterocycles. The van der Waals surface area contributed by atoms with Crippen molar-refractivity contribution in [3.05, 3.63) is 29.8 Å². The van der Waals surface area contributed by atoms with Crippen molar-refractivity contribution in [1.29, 1.82) is 0 Å². The van der Waals surface area contributed by atoms with E-state index >= 15 is 0 Å². The molecular formula is C11H12N2O2. The number of para-hydroxylation sites is 1. The first-order valence-electron chi connectivity index (χ1n) is 4.58. The summed E-state index contributed by atoms with van der Waals surface area (Å²) in [4.78, 5) is 11.3. The van der Waals surface area contributed by atoms with E-state index in [4.69, 9.17) is 10.5 Å². The standard InChI is InChI=1S/C11H12N2O2/c1-13-8-6-4-3-5-7(8)9(10(12)14)11(13)15-2/h3-6H,1-2H3,(H2,12,14). The average Bonchev–Trinajstić information content (AvgIpc) is 2.52. The number of methoxy groups -OCH3 is 1. The fourth-order valence-corrected chi connectivity index (χ4v) is 1.85. The van der Waals surface area contributed by atoms with Gasteiger partial charge in [0.1, 0.15) is 5.56 Å². The third-order valence-electron chi connectivity index (χ3n) is 2.49. The molecule has 0 atom stereocenters. The lowest BCUT2D eigenvalue weighted by Gasteiger charge is -2.02. The first-order chi connectivity index (χ1) is 7.16. The van der Waals surface area contributed by atoms with Gasteiger partial charge in [0, 0.05) is 12.4 Å². The Morgan fingerprint density at radius 1 is 1.40 bits per heavy atom. The molecule has 1 aromatic heterocycles. The molecule has 2 aromatic rings. The fourth-order valence-electron chi connectivity index (χ4n) is 1.85. The zero-order chi connectivity index (χ0) is 11.0. The van der Waals surface area contributed by atoms with Gasteiger partial charge in [0.2, 0.25) is 5.88 Å². The molecule has 4 nitrogen and oxygen atoms in total. The molecule has 0 aliphatic heterocycles. The molecular weight excluding hydrogens is 192 g/mol. The molecule has 2 rings (SSSR count). The summed E-state index contributed by atoms with van der Waals surface area (Å²) in [5.74, 6) is 0.0346. The minimum absolute atomic E-state index is 0.440. The highest BCUT2D eigenvalue weighted by Crippen LogP contribution is 2.30.